The van der Waals surface area contributed by atoms with Gasteiger partial charge in [-0.3, -0.25) is 11.3 Å². The molecule has 0 aliphatic carbocycles. The summed E-state index contributed by atoms with van der Waals surface area (Å²) in [6, 6.07) is 9.32. The predicted molar refractivity (Wildman–Crippen MR) is 84.2 cm³/mol. The van der Waals surface area contributed by atoms with E-state index in [1.165, 1.54) is 28.4 Å². The molecule has 1 aliphatic rings. The summed E-state index contributed by atoms with van der Waals surface area (Å²) in [5.74, 6) is 9.48. The molecular weight excluding hydrogens is 260 g/mol. The van der Waals surface area contributed by atoms with E-state index in [9.17, 15) is 0 Å². The standard InChI is InChI=1S/C14H22N2S2/c1-2-11-3-5-12(6-4-11)9-13(16-15)14-10-17-7-8-18-14/h3-6,13-14,16H,2,7-10,15H2,1H3. The third-order valence-corrected chi connectivity index (χ3v) is 6.31. The van der Waals surface area contributed by atoms with Crippen molar-refractivity contribution in [2.45, 2.75) is 31.1 Å². The molecule has 18 heavy (non-hydrogen) atoms. The lowest BCUT2D eigenvalue weighted by Crippen LogP contribution is -2.46. The Morgan fingerprint density at radius 3 is 2.56 bits per heavy atom. The van der Waals surface area contributed by atoms with Crippen molar-refractivity contribution in [3.05, 3.63) is 35.4 Å². The molecule has 1 aromatic carbocycles. The Morgan fingerprint density at radius 2 is 2.00 bits per heavy atom. The Labute approximate surface area is 118 Å². The molecule has 4 heteroatoms. The first-order valence-corrected chi connectivity index (χ1v) is 8.77. The zero-order chi connectivity index (χ0) is 12.8. The molecule has 0 saturated carbocycles. The normalized spacial score (nSPS) is 21.8. The molecule has 0 bridgehead atoms. The molecule has 1 aromatic rings. The molecule has 1 saturated heterocycles. The van der Waals surface area contributed by atoms with Crippen LogP contribution in [0.1, 0.15) is 18.1 Å². The van der Waals surface area contributed by atoms with Gasteiger partial charge >= 0.3 is 0 Å². The first-order chi connectivity index (χ1) is 8.83. The van der Waals surface area contributed by atoms with Crippen molar-refractivity contribution in [1.29, 1.82) is 0 Å². The topological polar surface area (TPSA) is 38.0 Å². The van der Waals surface area contributed by atoms with E-state index in [0.717, 1.165) is 12.8 Å². The fraction of sp³-hybridized carbons (Fsp3) is 0.571. The molecule has 2 atom stereocenters. The van der Waals surface area contributed by atoms with Gasteiger partial charge in [0.1, 0.15) is 0 Å². The minimum atomic E-state index is 0.385. The predicted octanol–water partition coefficient (Wildman–Crippen LogP) is 2.47. The molecule has 1 heterocycles. The number of rotatable bonds is 5. The van der Waals surface area contributed by atoms with E-state index in [-0.39, 0.29) is 0 Å². The highest BCUT2D eigenvalue weighted by molar-refractivity contribution is 8.06. The summed E-state index contributed by atoms with van der Waals surface area (Å²) < 4.78 is 0. The van der Waals surface area contributed by atoms with Crippen molar-refractivity contribution in [1.82, 2.24) is 5.43 Å². The van der Waals surface area contributed by atoms with Crippen molar-refractivity contribution < 1.29 is 0 Å². The number of benzene rings is 1. The van der Waals surface area contributed by atoms with Crippen LogP contribution in [0.3, 0.4) is 0 Å². The number of nitrogens with one attached hydrogen (secondary N) is 1. The number of thioether (sulfide) groups is 2. The largest absolute Gasteiger partial charge is 0.271 e. The van der Waals surface area contributed by atoms with Crippen LogP contribution in [0.15, 0.2) is 24.3 Å². The molecular formula is C14H22N2S2. The van der Waals surface area contributed by atoms with Gasteiger partial charge < -0.3 is 0 Å². The van der Waals surface area contributed by atoms with Crippen molar-refractivity contribution in [2.24, 2.45) is 5.84 Å². The van der Waals surface area contributed by atoms with Crippen molar-refractivity contribution in [3.8, 4) is 0 Å². The summed E-state index contributed by atoms with van der Waals surface area (Å²) in [6.45, 7) is 2.19. The molecule has 2 unspecified atom stereocenters. The fourth-order valence-electron chi connectivity index (χ4n) is 2.20. The van der Waals surface area contributed by atoms with Crippen LogP contribution in [0.5, 0.6) is 0 Å². The highest BCUT2D eigenvalue weighted by atomic mass is 32.2. The highest BCUT2D eigenvalue weighted by Gasteiger charge is 2.23. The second-order valence-corrected chi connectivity index (χ2v) is 7.13. The van der Waals surface area contributed by atoms with Gasteiger partial charge in [-0.2, -0.15) is 23.5 Å². The second-order valence-electron chi connectivity index (χ2n) is 4.63. The van der Waals surface area contributed by atoms with Crippen LogP contribution >= 0.6 is 23.5 Å². The van der Waals surface area contributed by atoms with Crippen LogP contribution in [-0.2, 0) is 12.8 Å². The maximum absolute atomic E-state index is 5.73. The molecule has 0 aromatic heterocycles. The average molecular weight is 282 g/mol. The van der Waals surface area contributed by atoms with Crippen molar-refractivity contribution in [2.75, 3.05) is 17.3 Å². The highest BCUT2D eigenvalue weighted by Crippen LogP contribution is 2.27. The first-order valence-electron chi connectivity index (χ1n) is 6.56. The molecule has 3 N–H and O–H groups in total. The summed E-state index contributed by atoms with van der Waals surface area (Å²) in [5, 5.41) is 0.639. The zero-order valence-electron chi connectivity index (χ0n) is 10.9. The average Bonchev–Trinajstić information content (AvgIpc) is 2.46. The van der Waals surface area contributed by atoms with Gasteiger partial charge in [-0.05, 0) is 24.0 Å². The lowest BCUT2D eigenvalue weighted by Gasteiger charge is -2.29. The number of nitrogens with two attached hydrogens (primary N) is 1. The van der Waals surface area contributed by atoms with Gasteiger partial charge in [0.25, 0.3) is 0 Å². The Bertz CT molecular complexity index is 347. The zero-order valence-corrected chi connectivity index (χ0v) is 12.5. The van der Waals surface area contributed by atoms with E-state index in [4.69, 9.17) is 5.84 Å². The summed E-state index contributed by atoms with van der Waals surface area (Å²) >= 11 is 4.11. The van der Waals surface area contributed by atoms with Crippen LogP contribution in [0.4, 0.5) is 0 Å². The quantitative estimate of drug-likeness (QED) is 0.643. The third-order valence-electron chi connectivity index (χ3n) is 3.39. The molecule has 0 radical (unpaired) electrons. The van der Waals surface area contributed by atoms with Crippen molar-refractivity contribution in [3.63, 3.8) is 0 Å². The van der Waals surface area contributed by atoms with Gasteiger partial charge in [-0.1, -0.05) is 31.2 Å². The monoisotopic (exact) mass is 282 g/mol. The van der Waals surface area contributed by atoms with Crippen LogP contribution in [-0.4, -0.2) is 28.6 Å². The number of hydrogen-bond acceptors (Lipinski definition) is 4. The Morgan fingerprint density at radius 1 is 1.28 bits per heavy atom. The van der Waals surface area contributed by atoms with Crippen LogP contribution in [0.2, 0.25) is 0 Å². The van der Waals surface area contributed by atoms with Gasteiger partial charge in [-0.25, -0.2) is 0 Å². The van der Waals surface area contributed by atoms with Gasteiger partial charge in [0.15, 0.2) is 0 Å². The minimum Gasteiger partial charge on any atom is -0.271 e. The molecule has 2 nitrogen and oxygen atoms in total. The first kappa shape index (κ1) is 14.3. The Hall–Kier alpha value is -0.160. The molecule has 100 valence electrons. The van der Waals surface area contributed by atoms with E-state index < -0.39 is 0 Å². The lowest BCUT2D eigenvalue weighted by molar-refractivity contribution is 0.523. The van der Waals surface area contributed by atoms with E-state index in [0.29, 0.717) is 11.3 Å². The number of aryl methyl sites for hydroxylation is 1. The smallest absolute Gasteiger partial charge is 0.0377 e. The molecule has 1 aliphatic heterocycles. The molecule has 2 rings (SSSR count). The maximum Gasteiger partial charge on any atom is 0.0377 e. The van der Waals surface area contributed by atoms with Crippen LogP contribution < -0.4 is 11.3 Å². The molecule has 1 fully saturated rings. The summed E-state index contributed by atoms with van der Waals surface area (Å²) in [5.41, 5.74) is 5.80. The van der Waals surface area contributed by atoms with Crippen LogP contribution in [0.25, 0.3) is 0 Å². The van der Waals surface area contributed by atoms with Crippen molar-refractivity contribution >= 4 is 23.5 Å². The summed E-state index contributed by atoms with van der Waals surface area (Å²) in [4.78, 5) is 0. The van der Waals surface area contributed by atoms with Gasteiger partial charge in [0.05, 0.1) is 0 Å². The number of hydrogen-bond donors (Lipinski definition) is 2. The second kappa shape index (κ2) is 7.43. The minimum absolute atomic E-state index is 0.385. The van der Waals surface area contributed by atoms with E-state index in [1.807, 2.05) is 11.8 Å². The lowest BCUT2D eigenvalue weighted by atomic mass is 10.0. The maximum atomic E-state index is 5.73. The summed E-state index contributed by atoms with van der Waals surface area (Å²) in [6.07, 6.45) is 2.13. The van der Waals surface area contributed by atoms with E-state index >= 15 is 0 Å². The third kappa shape index (κ3) is 3.92. The molecule has 0 spiro atoms. The van der Waals surface area contributed by atoms with E-state index in [1.54, 1.807) is 0 Å². The number of hydrazine groups is 1. The molecule has 0 amide bonds. The van der Waals surface area contributed by atoms with Gasteiger partial charge in [0, 0.05) is 28.6 Å². The van der Waals surface area contributed by atoms with E-state index in [2.05, 4.69) is 48.4 Å². The fourth-order valence-corrected chi connectivity index (χ4v) is 5.07. The SMILES string of the molecule is CCc1ccc(CC(NN)C2CSCCS2)cc1. The Kier molecular flexibility index (Phi) is 5.89. The van der Waals surface area contributed by atoms with Crippen LogP contribution in [0, 0.1) is 0 Å². The van der Waals surface area contributed by atoms with Gasteiger partial charge in [0.2, 0.25) is 0 Å². The summed E-state index contributed by atoms with van der Waals surface area (Å²) in [7, 11) is 0. The van der Waals surface area contributed by atoms with Gasteiger partial charge in [-0.15, -0.1) is 0 Å². The Balaban J connectivity index is 1.95.